The fourth-order valence-electron chi connectivity index (χ4n) is 4.03. The van der Waals surface area contributed by atoms with Crippen molar-refractivity contribution in [3.8, 4) is 11.5 Å². The minimum absolute atomic E-state index is 0.112. The number of Topliss-reactive ketones (excluding diaryl/α,β-unsaturated/α-hetero) is 1. The number of ether oxygens (including phenoxy) is 1. The van der Waals surface area contributed by atoms with Gasteiger partial charge in [0.1, 0.15) is 34.8 Å². The van der Waals surface area contributed by atoms with Gasteiger partial charge in [0.25, 0.3) is 11.7 Å². The lowest BCUT2D eigenvalue weighted by molar-refractivity contribution is -0.132. The van der Waals surface area contributed by atoms with Gasteiger partial charge < -0.3 is 19.4 Å². The largest absolute Gasteiger partial charge is 0.507 e. The van der Waals surface area contributed by atoms with Gasteiger partial charge in [-0.3, -0.25) is 14.5 Å². The fourth-order valence-corrected chi connectivity index (χ4v) is 4.03. The highest BCUT2D eigenvalue weighted by atomic mass is 16.5. The lowest BCUT2D eigenvalue weighted by atomic mass is 9.99. The highest BCUT2D eigenvalue weighted by molar-refractivity contribution is 6.51. The molecule has 34 heavy (non-hydrogen) atoms. The van der Waals surface area contributed by atoms with Gasteiger partial charge in [0, 0.05) is 5.56 Å². The maximum atomic E-state index is 13.1. The van der Waals surface area contributed by atoms with Crippen molar-refractivity contribution in [1.82, 2.24) is 0 Å². The second-order valence-electron chi connectivity index (χ2n) is 8.19. The molecule has 1 unspecified atom stereocenters. The molecule has 1 aromatic heterocycles. The van der Waals surface area contributed by atoms with Crippen LogP contribution in [0.15, 0.2) is 70.7 Å². The number of furan rings is 1. The number of ketones is 1. The first-order chi connectivity index (χ1) is 16.4. The van der Waals surface area contributed by atoms with Crippen LogP contribution >= 0.6 is 0 Å². The molecule has 1 fully saturated rings. The minimum atomic E-state index is -1.04. The van der Waals surface area contributed by atoms with Gasteiger partial charge in [0.2, 0.25) is 0 Å². The first-order valence-electron chi connectivity index (χ1n) is 11.3. The molecule has 2 aromatic carbocycles. The molecular weight excluding hydrogens is 434 g/mol. The summed E-state index contributed by atoms with van der Waals surface area (Å²) in [7, 11) is 0. The van der Waals surface area contributed by atoms with Gasteiger partial charge in [-0.15, -0.1) is 0 Å². The molecule has 1 aliphatic heterocycles. The number of benzene rings is 2. The van der Waals surface area contributed by atoms with Crippen molar-refractivity contribution in [2.24, 2.45) is 0 Å². The first-order valence-corrected chi connectivity index (χ1v) is 11.3. The Balaban J connectivity index is 1.75. The van der Waals surface area contributed by atoms with Crippen molar-refractivity contribution in [3.63, 3.8) is 0 Å². The Morgan fingerprint density at radius 2 is 1.76 bits per heavy atom. The molecule has 1 amide bonds. The van der Waals surface area contributed by atoms with E-state index in [1.807, 2.05) is 0 Å². The first kappa shape index (κ1) is 23.2. The van der Waals surface area contributed by atoms with Gasteiger partial charge in [0.05, 0.1) is 17.9 Å². The van der Waals surface area contributed by atoms with Crippen LogP contribution < -0.4 is 9.64 Å². The number of carbonyl (C=O) groups is 2. The van der Waals surface area contributed by atoms with Crippen LogP contribution in [0.1, 0.15) is 49.3 Å². The van der Waals surface area contributed by atoms with Crippen LogP contribution in [0.5, 0.6) is 11.5 Å². The number of aryl methyl sites for hydroxylation is 1. The maximum absolute atomic E-state index is 13.1. The Kier molecular flexibility index (Phi) is 6.72. The van der Waals surface area contributed by atoms with Crippen LogP contribution in [0.3, 0.4) is 0 Å². The number of amides is 1. The number of unbranched alkanes of at least 4 members (excludes halogenated alkanes) is 2. The van der Waals surface area contributed by atoms with E-state index in [0.717, 1.165) is 24.2 Å². The second kappa shape index (κ2) is 9.87. The SMILES string of the molecule is CCCCCOc1ccc(/C(O)=C2/C(=O)C(=O)N(c3ccccc3O)C2c2ccc(C)o2)cc1. The molecule has 1 atom stereocenters. The van der Waals surface area contributed by atoms with Crippen molar-refractivity contribution in [2.45, 2.75) is 39.2 Å². The predicted molar refractivity (Wildman–Crippen MR) is 128 cm³/mol. The number of aliphatic hydroxyl groups is 1. The van der Waals surface area contributed by atoms with E-state index in [2.05, 4.69) is 6.92 Å². The molecule has 3 aromatic rings. The lowest BCUT2D eigenvalue weighted by Gasteiger charge is -2.24. The number of hydrogen-bond donors (Lipinski definition) is 2. The Morgan fingerprint density at radius 3 is 2.41 bits per heavy atom. The summed E-state index contributed by atoms with van der Waals surface area (Å²) in [6.07, 6.45) is 3.14. The summed E-state index contributed by atoms with van der Waals surface area (Å²) in [5.74, 6) is -0.673. The quantitative estimate of drug-likeness (QED) is 0.199. The molecule has 1 saturated heterocycles. The highest BCUT2D eigenvalue weighted by Gasteiger charge is 2.49. The fraction of sp³-hybridized carbons (Fsp3) is 0.259. The van der Waals surface area contributed by atoms with E-state index in [1.165, 1.54) is 12.1 Å². The van der Waals surface area contributed by atoms with Crippen LogP contribution in [0.4, 0.5) is 5.69 Å². The lowest BCUT2D eigenvalue weighted by Crippen LogP contribution is -2.29. The molecule has 7 heteroatoms. The van der Waals surface area contributed by atoms with Crippen molar-refractivity contribution in [2.75, 3.05) is 11.5 Å². The summed E-state index contributed by atoms with van der Waals surface area (Å²) in [6, 6.07) is 15.3. The normalized spacial score (nSPS) is 17.4. The average Bonchev–Trinajstić information content (AvgIpc) is 3.38. The van der Waals surface area contributed by atoms with E-state index < -0.39 is 17.7 Å². The molecule has 2 heterocycles. The Hall–Kier alpha value is -4.00. The summed E-state index contributed by atoms with van der Waals surface area (Å²) in [5.41, 5.74) is 0.405. The third-order valence-electron chi connectivity index (χ3n) is 5.76. The Bertz CT molecular complexity index is 1220. The van der Waals surface area contributed by atoms with E-state index in [9.17, 15) is 19.8 Å². The van der Waals surface area contributed by atoms with Crippen molar-refractivity contribution in [3.05, 3.63) is 83.3 Å². The smallest absolute Gasteiger partial charge is 0.300 e. The summed E-state index contributed by atoms with van der Waals surface area (Å²) < 4.78 is 11.5. The summed E-state index contributed by atoms with van der Waals surface area (Å²) >= 11 is 0. The molecule has 4 rings (SSSR count). The molecule has 2 N–H and O–H groups in total. The van der Waals surface area contributed by atoms with Crippen molar-refractivity contribution in [1.29, 1.82) is 0 Å². The number of para-hydroxylation sites is 2. The molecule has 0 bridgehead atoms. The van der Waals surface area contributed by atoms with Crippen LogP contribution in [-0.2, 0) is 9.59 Å². The van der Waals surface area contributed by atoms with Crippen molar-refractivity contribution < 1.29 is 29.0 Å². The zero-order valence-electron chi connectivity index (χ0n) is 19.2. The van der Waals surface area contributed by atoms with Gasteiger partial charge >= 0.3 is 0 Å². The number of phenols is 1. The number of nitrogens with zero attached hydrogens (tertiary/aromatic N) is 1. The molecule has 0 radical (unpaired) electrons. The molecule has 0 saturated carbocycles. The van der Waals surface area contributed by atoms with Gasteiger partial charge in [-0.25, -0.2) is 0 Å². The number of hydrogen-bond acceptors (Lipinski definition) is 6. The number of rotatable bonds is 8. The van der Waals surface area contributed by atoms with E-state index >= 15 is 0 Å². The summed E-state index contributed by atoms with van der Waals surface area (Å²) in [4.78, 5) is 27.4. The second-order valence-corrected chi connectivity index (χ2v) is 8.19. The van der Waals surface area contributed by atoms with E-state index in [0.29, 0.717) is 29.4 Å². The van der Waals surface area contributed by atoms with E-state index in [1.54, 1.807) is 55.5 Å². The van der Waals surface area contributed by atoms with Crippen LogP contribution in [-0.4, -0.2) is 28.5 Å². The topological polar surface area (TPSA) is 100 Å². The van der Waals surface area contributed by atoms with Gasteiger partial charge in [-0.1, -0.05) is 31.9 Å². The number of carbonyl (C=O) groups excluding carboxylic acids is 2. The zero-order valence-corrected chi connectivity index (χ0v) is 19.2. The number of aromatic hydroxyl groups is 1. The maximum Gasteiger partial charge on any atom is 0.300 e. The Labute approximate surface area is 197 Å². The molecule has 176 valence electrons. The third kappa shape index (κ3) is 4.41. The molecular formula is C27H27NO6. The van der Waals surface area contributed by atoms with Crippen LogP contribution in [0, 0.1) is 6.92 Å². The van der Waals surface area contributed by atoms with E-state index in [4.69, 9.17) is 9.15 Å². The zero-order chi connectivity index (χ0) is 24.2. The summed E-state index contributed by atoms with van der Waals surface area (Å²) in [6.45, 7) is 4.47. The molecule has 0 spiro atoms. The minimum Gasteiger partial charge on any atom is -0.507 e. The monoisotopic (exact) mass is 461 g/mol. The third-order valence-corrected chi connectivity index (χ3v) is 5.76. The molecule has 7 nitrogen and oxygen atoms in total. The van der Waals surface area contributed by atoms with Crippen molar-refractivity contribution >= 4 is 23.1 Å². The van der Waals surface area contributed by atoms with Gasteiger partial charge in [0.15, 0.2) is 0 Å². The number of phenolic OH excluding ortho intramolecular Hbond substituents is 1. The molecule has 1 aliphatic rings. The van der Waals surface area contributed by atoms with Crippen LogP contribution in [0.2, 0.25) is 0 Å². The standard InChI is InChI=1S/C27H27NO6/c1-3-4-7-16-33-19-13-11-18(12-14-19)25(30)23-24(22-15-10-17(2)34-22)28(27(32)26(23)31)20-8-5-6-9-21(20)29/h5-6,8-15,24,29-30H,3-4,7,16H2,1-2H3/b25-23-. The predicted octanol–water partition coefficient (Wildman–Crippen LogP) is 5.49. The van der Waals surface area contributed by atoms with E-state index in [-0.39, 0.29) is 22.8 Å². The molecule has 0 aliphatic carbocycles. The Morgan fingerprint density at radius 1 is 1.03 bits per heavy atom. The summed E-state index contributed by atoms with van der Waals surface area (Å²) in [5, 5.41) is 21.5. The van der Waals surface area contributed by atoms with Crippen LogP contribution in [0.25, 0.3) is 5.76 Å². The van der Waals surface area contributed by atoms with Gasteiger partial charge in [-0.2, -0.15) is 0 Å². The van der Waals surface area contributed by atoms with Gasteiger partial charge in [-0.05, 0) is 61.9 Å². The number of anilines is 1. The average molecular weight is 462 g/mol. The number of aliphatic hydroxyl groups excluding tert-OH is 1. The highest BCUT2D eigenvalue weighted by Crippen LogP contribution is 2.45.